The highest BCUT2D eigenvalue weighted by Gasteiger charge is 2.34. The van der Waals surface area contributed by atoms with Gasteiger partial charge in [0, 0.05) is 38.3 Å². The first-order chi connectivity index (χ1) is 17.3. The highest BCUT2D eigenvalue weighted by Crippen LogP contribution is 2.30. The van der Waals surface area contributed by atoms with Crippen LogP contribution in [0.3, 0.4) is 0 Å². The van der Waals surface area contributed by atoms with E-state index in [4.69, 9.17) is 9.47 Å². The molecule has 0 unspecified atom stereocenters. The number of carbonyl (C=O) groups is 2. The van der Waals surface area contributed by atoms with Crippen molar-refractivity contribution in [2.24, 2.45) is 0 Å². The van der Waals surface area contributed by atoms with E-state index in [2.05, 4.69) is 33.2 Å². The lowest BCUT2D eigenvalue weighted by Crippen LogP contribution is -2.52. The number of nitrogens with zero attached hydrogens (tertiary/aromatic N) is 4. The van der Waals surface area contributed by atoms with Gasteiger partial charge in [-0.2, -0.15) is 5.10 Å². The van der Waals surface area contributed by atoms with Crippen LogP contribution in [0.1, 0.15) is 53.0 Å². The molecule has 0 N–H and O–H groups in total. The van der Waals surface area contributed by atoms with Gasteiger partial charge < -0.3 is 19.3 Å². The van der Waals surface area contributed by atoms with Crippen LogP contribution in [0, 0.1) is 0 Å². The van der Waals surface area contributed by atoms with Crippen LogP contribution in [0.15, 0.2) is 36.5 Å². The summed E-state index contributed by atoms with van der Waals surface area (Å²) < 4.78 is 24.8. The SMILES string of the molecule is CC(C)(C)OC(=O)N1CC(Br)C1.CC(C)(C)OC(=O)N1CC(c2ccc(-c3ccnn3CCF)cc2)C1. The molecule has 0 saturated carbocycles. The molecular formula is C27H38BrFN4O4. The molecule has 1 aromatic carbocycles. The second-order valence-corrected chi connectivity index (χ2v) is 12.6. The number of aryl methyl sites for hydroxylation is 1. The molecular weight excluding hydrogens is 543 g/mol. The lowest BCUT2D eigenvalue weighted by Gasteiger charge is -2.40. The van der Waals surface area contributed by atoms with Crippen LogP contribution in [0.4, 0.5) is 14.0 Å². The maximum Gasteiger partial charge on any atom is 0.410 e. The Balaban J connectivity index is 0.000000266. The molecule has 3 heterocycles. The first-order valence-electron chi connectivity index (χ1n) is 12.5. The number of ether oxygens (including phenoxy) is 2. The van der Waals surface area contributed by atoms with E-state index in [9.17, 15) is 14.0 Å². The minimum absolute atomic E-state index is 0.210. The van der Waals surface area contributed by atoms with Crippen molar-refractivity contribution in [1.29, 1.82) is 0 Å². The minimum Gasteiger partial charge on any atom is -0.444 e. The topological polar surface area (TPSA) is 76.9 Å². The molecule has 0 radical (unpaired) electrons. The Morgan fingerprint density at radius 3 is 1.89 bits per heavy atom. The Hall–Kier alpha value is -2.62. The number of rotatable bonds is 4. The van der Waals surface area contributed by atoms with Crippen LogP contribution in [-0.2, 0) is 16.0 Å². The average molecular weight is 582 g/mol. The molecule has 8 nitrogen and oxygen atoms in total. The summed E-state index contributed by atoms with van der Waals surface area (Å²) in [5.41, 5.74) is 2.27. The quantitative estimate of drug-likeness (QED) is 0.424. The zero-order chi connectivity index (χ0) is 27.4. The molecule has 10 heteroatoms. The van der Waals surface area contributed by atoms with E-state index < -0.39 is 12.3 Å². The molecule has 2 aromatic rings. The number of aromatic nitrogens is 2. The third-order valence-electron chi connectivity index (χ3n) is 5.71. The summed E-state index contributed by atoms with van der Waals surface area (Å²) in [6.45, 7) is 13.9. The molecule has 2 aliphatic heterocycles. The van der Waals surface area contributed by atoms with E-state index >= 15 is 0 Å². The average Bonchev–Trinajstić information content (AvgIpc) is 3.17. The van der Waals surface area contributed by atoms with Gasteiger partial charge in [-0.25, -0.2) is 14.0 Å². The fourth-order valence-corrected chi connectivity index (χ4v) is 4.53. The highest BCUT2D eigenvalue weighted by molar-refractivity contribution is 9.09. The van der Waals surface area contributed by atoms with Crippen molar-refractivity contribution in [2.45, 2.75) is 70.0 Å². The monoisotopic (exact) mass is 580 g/mol. The number of amides is 2. The summed E-state index contributed by atoms with van der Waals surface area (Å²) in [4.78, 5) is 27.1. The third-order valence-corrected chi connectivity index (χ3v) is 6.29. The Kier molecular flexibility index (Phi) is 9.26. The maximum absolute atomic E-state index is 12.6. The second kappa shape index (κ2) is 11.8. The number of likely N-dealkylation sites (tertiary alicyclic amines) is 2. The lowest BCUT2D eigenvalue weighted by molar-refractivity contribution is 0.00806. The first kappa shape index (κ1) is 28.9. The van der Waals surface area contributed by atoms with Gasteiger partial charge in [0.1, 0.15) is 17.9 Å². The van der Waals surface area contributed by atoms with Crippen molar-refractivity contribution in [1.82, 2.24) is 19.6 Å². The summed E-state index contributed by atoms with van der Waals surface area (Å²) >= 11 is 3.40. The molecule has 2 amide bonds. The number of alkyl halides is 2. The fraction of sp³-hybridized carbons (Fsp3) is 0.593. The molecule has 4 rings (SSSR count). The summed E-state index contributed by atoms with van der Waals surface area (Å²) in [6.07, 6.45) is 1.22. The van der Waals surface area contributed by atoms with E-state index in [1.807, 2.05) is 59.7 Å². The predicted octanol–water partition coefficient (Wildman–Crippen LogP) is 5.85. The Morgan fingerprint density at radius 2 is 1.43 bits per heavy atom. The lowest BCUT2D eigenvalue weighted by atomic mass is 9.91. The van der Waals surface area contributed by atoms with Crippen LogP contribution in [0.25, 0.3) is 11.3 Å². The normalized spacial score (nSPS) is 16.3. The second-order valence-electron chi connectivity index (χ2n) is 11.3. The van der Waals surface area contributed by atoms with E-state index in [-0.39, 0.29) is 24.3 Å². The predicted molar refractivity (Wildman–Crippen MR) is 145 cm³/mol. The molecule has 0 bridgehead atoms. The van der Waals surface area contributed by atoms with Gasteiger partial charge in [-0.1, -0.05) is 40.2 Å². The molecule has 2 saturated heterocycles. The molecule has 0 spiro atoms. The summed E-state index contributed by atoms with van der Waals surface area (Å²) in [7, 11) is 0. The molecule has 204 valence electrons. The van der Waals surface area contributed by atoms with Gasteiger partial charge in [0.25, 0.3) is 0 Å². The van der Waals surface area contributed by atoms with E-state index in [0.29, 0.717) is 23.8 Å². The summed E-state index contributed by atoms with van der Waals surface area (Å²) in [5, 5.41) is 4.14. The molecule has 2 aliphatic rings. The standard InChI is InChI=1S/C19H24FN3O2.C8H14BrNO2/c1-19(2,3)25-18(24)22-12-16(13-22)14-4-6-15(7-5-14)17-8-10-21-23(17)11-9-20;1-8(2,3)12-7(11)10-4-6(9)5-10/h4-8,10,16H,9,11-13H2,1-3H3;6H,4-5H2,1-3H3. The van der Waals surface area contributed by atoms with E-state index in [0.717, 1.165) is 24.3 Å². The van der Waals surface area contributed by atoms with Crippen LogP contribution in [0.5, 0.6) is 0 Å². The van der Waals surface area contributed by atoms with Crippen molar-refractivity contribution in [2.75, 3.05) is 32.9 Å². The maximum atomic E-state index is 12.6. The molecule has 2 fully saturated rings. The van der Waals surface area contributed by atoms with E-state index in [1.54, 1.807) is 20.7 Å². The van der Waals surface area contributed by atoms with Gasteiger partial charge in [-0.15, -0.1) is 0 Å². The number of hydrogen-bond donors (Lipinski definition) is 0. The van der Waals surface area contributed by atoms with Gasteiger partial charge in [0.2, 0.25) is 0 Å². The van der Waals surface area contributed by atoms with Crippen molar-refractivity contribution in [3.63, 3.8) is 0 Å². The van der Waals surface area contributed by atoms with E-state index in [1.165, 1.54) is 5.56 Å². The molecule has 37 heavy (non-hydrogen) atoms. The Morgan fingerprint density at radius 1 is 0.919 bits per heavy atom. The molecule has 0 aliphatic carbocycles. The van der Waals surface area contributed by atoms with Gasteiger partial charge in [-0.3, -0.25) is 4.68 Å². The molecule has 0 atom stereocenters. The largest absolute Gasteiger partial charge is 0.444 e. The Bertz CT molecular complexity index is 1050. The van der Waals surface area contributed by atoms with Crippen LogP contribution >= 0.6 is 15.9 Å². The van der Waals surface area contributed by atoms with Crippen molar-refractivity contribution < 1.29 is 23.5 Å². The number of benzene rings is 1. The van der Waals surface area contributed by atoms with Gasteiger partial charge >= 0.3 is 12.2 Å². The first-order valence-corrected chi connectivity index (χ1v) is 13.5. The van der Waals surface area contributed by atoms with Crippen LogP contribution in [-0.4, -0.2) is 80.6 Å². The van der Waals surface area contributed by atoms with Gasteiger partial charge in [0.15, 0.2) is 0 Å². The van der Waals surface area contributed by atoms with Crippen molar-refractivity contribution >= 4 is 28.1 Å². The molecule has 1 aromatic heterocycles. The van der Waals surface area contributed by atoms with Crippen LogP contribution < -0.4 is 0 Å². The fourth-order valence-electron chi connectivity index (χ4n) is 3.83. The number of halogens is 2. The smallest absolute Gasteiger partial charge is 0.410 e. The third kappa shape index (κ3) is 8.45. The zero-order valence-corrected chi connectivity index (χ0v) is 24.1. The number of carbonyl (C=O) groups excluding carboxylic acids is 2. The number of hydrogen-bond acceptors (Lipinski definition) is 5. The minimum atomic E-state index is -0.466. The zero-order valence-electron chi connectivity index (χ0n) is 22.5. The highest BCUT2D eigenvalue weighted by atomic mass is 79.9. The Labute approximate surface area is 227 Å². The van der Waals surface area contributed by atoms with Crippen molar-refractivity contribution in [3.8, 4) is 11.3 Å². The summed E-state index contributed by atoms with van der Waals surface area (Å²) in [6, 6.07) is 10.1. The van der Waals surface area contributed by atoms with Gasteiger partial charge in [-0.05, 0) is 58.7 Å². The summed E-state index contributed by atoms with van der Waals surface area (Å²) in [5.74, 6) is 0.331. The van der Waals surface area contributed by atoms with Crippen LogP contribution in [0.2, 0.25) is 0 Å². The van der Waals surface area contributed by atoms with Crippen molar-refractivity contribution in [3.05, 3.63) is 42.1 Å². The van der Waals surface area contributed by atoms with Gasteiger partial charge in [0.05, 0.1) is 17.1 Å².